The number of ether oxygens (including phenoxy) is 1. The summed E-state index contributed by atoms with van der Waals surface area (Å²) in [5.41, 5.74) is 11.3. The normalized spacial score (nSPS) is 18.1. The lowest BCUT2D eigenvalue weighted by Gasteiger charge is -2.45. The van der Waals surface area contributed by atoms with Crippen molar-refractivity contribution in [2.24, 2.45) is 0 Å². The second-order valence-corrected chi connectivity index (χ2v) is 8.15. The molecule has 4 aromatic rings. The van der Waals surface area contributed by atoms with Crippen molar-refractivity contribution in [2.45, 2.75) is 12.6 Å². The molecule has 2 aliphatic rings. The van der Waals surface area contributed by atoms with Gasteiger partial charge in [0.1, 0.15) is 0 Å². The van der Waals surface area contributed by atoms with E-state index in [0.717, 1.165) is 64.7 Å². The van der Waals surface area contributed by atoms with Gasteiger partial charge < -0.3 is 25.3 Å². The molecule has 1 saturated heterocycles. The Morgan fingerprint density at radius 1 is 1.13 bits per heavy atom. The van der Waals surface area contributed by atoms with Crippen LogP contribution in [0.25, 0.3) is 22.3 Å². The van der Waals surface area contributed by atoms with Crippen molar-refractivity contribution >= 4 is 28.1 Å². The number of morpholine rings is 1. The van der Waals surface area contributed by atoms with Crippen LogP contribution in [0.4, 0.5) is 17.2 Å². The van der Waals surface area contributed by atoms with Crippen LogP contribution < -0.4 is 15.5 Å². The lowest BCUT2D eigenvalue weighted by molar-refractivity contribution is 0.0936. The van der Waals surface area contributed by atoms with Crippen LogP contribution in [0.3, 0.4) is 0 Å². The van der Waals surface area contributed by atoms with Gasteiger partial charge in [0.15, 0.2) is 11.6 Å². The van der Waals surface area contributed by atoms with Gasteiger partial charge in [-0.1, -0.05) is 30.3 Å². The summed E-state index contributed by atoms with van der Waals surface area (Å²) < 4.78 is 5.80. The van der Waals surface area contributed by atoms with Crippen molar-refractivity contribution in [1.29, 1.82) is 0 Å². The van der Waals surface area contributed by atoms with Crippen LogP contribution in [0, 0.1) is 0 Å². The Labute approximate surface area is 180 Å². The molecule has 2 aliphatic heterocycles. The van der Waals surface area contributed by atoms with Crippen molar-refractivity contribution in [2.75, 3.05) is 41.8 Å². The molecule has 156 valence electrons. The number of nitrogens with two attached hydrogens (primary N) is 1. The number of H-pyrrole nitrogens is 1. The van der Waals surface area contributed by atoms with Gasteiger partial charge in [0, 0.05) is 48.0 Å². The lowest BCUT2D eigenvalue weighted by atomic mass is 10.1. The molecule has 2 aromatic carbocycles. The minimum absolute atomic E-state index is 0.261. The van der Waals surface area contributed by atoms with Crippen LogP contribution in [-0.4, -0.2) is 47.3 Å². The number of benzene rings is 2. The molecule has 2 aromatic heterocycles. The van der Waals surface area contributed by atoms with Crippen molar-refractivity contribution in [1.82, 2.24) is 15.0 Å². The Morgan fingerprint density at radius 2 is 2.06 bits per heavy atom. The molecule has 1 unspecified atom stereocenters. The van der Waals surface area contributed by atoms with E-state index in [4.69, 9.17) is 20.4 Å². The Hall–Kier alpha value is -3.58. The number of rotatable bonds is 3. The number of anilines is 3. The molecular weight excluding hydrogens is 388 g/mol. The first-order valence-electron chi connectivity index (χ1n) is 10.6. The highest BCUT2D eigenvalue weighted by atomic mass is 16.5. The molecule has 1 atom stereocenters. The number of hydrogen-bond acceptors (Lipinski definition) is 6. The summed E-state index contributed by atoms with van der Waals surface area (Å²) in [6.07, 6.45) is 3.92. The molecule has 6 rings (SSSR count). The van der Waals surface area contributed by atoms with Gasteiger partial charge in [0.25, 0.3) is 0 Å². The minimum atomic E-state index is 0.261. The summed E-state index contributed by atoms with van der Waals surface area (Å²) in [5.74, 6) is 1.72. The average Bonchev–Trinajstić information content (AvgIpc) is 3.29. The molecule has 7 heteroatoms. The van der Waals surface area contributed by atoms with E-state index in [-0.39, 0.29) is 6.04 Å². The van der Waals surface area contributed by atoms with Gasteiger partial charge in [-0.05, 0) is 23.8 Å². The third-order valence-corrected chi connectivity index (χ3v) is 6.27. The standard InChI is InChI=1S/C24H24N6O/c25-20-6-2-1-4-16(20)13-29-14-17-15-31-11-10-30(17)24-22(29)12-27-23(28-24)19-5-3-7-21-18(19)8-9-26-21/h1-9,12,17,26H,10-11,13-15,25H2. The van der Waals surface area contributed by atoms with Gasteiger partial charge in [0.2, 0.25) is 0 Å². The average molecular weight is 412 g/mol. The fraction of sp³-hybridized carbons (Fsp3) is 0.250. The van der Waals surface area contributed by atoms with Gasteiger partial charge in [-0.25, -0.2) is 9.97 Å². The molecule has 0 saturated carbocycles. The van der Waals surface area contributed by atoms with Gasteiger partial charge >= 0.3 is 0 Å². The predicted molar refractivity (Wildman–Crippen MR) is 123 cm³/mol. The smallest absolute Gasteiger partial charge is 0.162 e. The molecule has 0 radical (unpaired) electrons. The van der Waals surface area contributed by atoms with Gasteiger partial charge in [0.05, 0.1) is 31.1 Å². The molecule has 1 fully saturated rings. The summed E-state index contributed by atoms with van der Waals surface area (Å²) in [6.45, 7) is 3.84. The van der Waals surface area contributed by atoms with Crippen LogP contribution in [0.2, 0.25) is 0 Å². The summed E-state index contributed by atoms with van der Waals surface area (Å²) in [7, 11) is 0. The predicted octanol–water partition coefficient (Wildman–Crippen LogP) is 3.43. The molecule has 4 heterocycles. The van der Waals surface area contributed by atoms with Crippen molar-refractivity contribution in [3.8, 4) is 11.4 Å². The number of nitrogens with one attached hydrogen (secondary N) is 1. The fourth-order valence-corrected chi connectivity index (χ4v) is 4.68. The van der Waals surface area contributed by atoms with Crippen LogP contribution in [0.15, 0.2) is 60.9 Å². The van der Waals surface area contributed by atoms with Gasteiger partial charge in [-0.15, -0.1) is 0 Å². The number of aromatic nitrogens is 3. The lowest BCUT2D eigenvalue weighted by Crippen LogP contribution is -2.55. The molecular formula is C24H24N6O. The first kappa shape index (κ1) is 18.2. The summed E-state index contributed by atoms with van der Waals surface area (Å²) in [6, 6.07) is 16.6. The Balaban J connectivity index is 1.45. The molecule has 0 aliphatic carbocycles. The fourth-order valence-electron chi connectivity index (χ4n) is 4.68. The van der Waals surface area contributed by atoms with E-state index in [0.29, 0.717) is 13.2 Å². The summed E-state index contributed by atoms with van der Waals surface area (Å²) in [5, 5.41) is 1.13. The number of aromatic amines is 1. The third-order valence-electron chi connectivity index (χ3n) is 6.27. The zero-order valence-corrected chi connectivity index (χ0v) is 17.2. The molecule has 3 N–H and O–H groups in total. The maximum atomic E-state index is 6.24. The SMILES string of the molecule is Nc1ccccc1CN1CC2COCCN2c2nc(-c3cccc4[nH]ccc34)ncc21. The number of nitrogens with zero attached hydrogens (tertiary/aromatic N) is 4. The Kier molecular flexibility index (Phi) is 4.28. The van der Waals surface area contributed by atoms with Crippen LogP contribution in [-0.2, 0) is 11.3 Å². The molecule has 0 amide bonds. The van der Waals surface area contributed by atoms with Crippen LogP contribution in [0.1, 0.15) is 5.56 Å². The van der Waals surface area contributed by atoms with Crippen molar-refractivity contribution in [3.05, 3.63) is 66.5 Å². The molecule has 7 nitrogen and oxygen atoms in total. The highest BCUT2D eigenvalue weighted by molar-refractivity contribution is 5.93. The Bertz CT molecular complexity index is 1250. The summed E-state index contributed by atoms with van der Waals surface area (Å²) >= 11 is 0. The first-order chi connectivity index (χ1) is 15.3. The quantitative estimate of drug-likeness (QED) is 0.502. The number of nitrogen functional groups attached to an aromatic ring is 1. The first-order valence-corrected chi connectivity index (χ1v) is 10.6. The number of hydrogen-bond donors (Lipinski definition) is 2. The van der Waals surface area contributed by atoms with E-state index >= 15 is 0 Å². The van der Waals surface area contributed by atoms with Gasteiger partial charge in [-0.2, -0.15) is 0 Å². The van der Waals surface area contributed by atoms with Crippen LogP contribution >= 0.6 is 0 Å². The van der Waals surface area contributed by atoms with Gasteiger partial charge in [-0.3, -0.25) is 0 Å². The largest absolute Gasteiger partial charge is 0.398 e. The molecule has 0 bridgehead atoms. The van der Waals surface area contributed by atoms with E-state index in [1.807, 2.05) is 36.7 Å². The zero-order chi connectivity index (χ0) is 20.8. The maximum Gasteiger partial charge on any atom is 0.162 e. The van der Waals surface area contributed by atoms with Crippen molar-refractivity contribution in [3.63, 3.8) is 0 Å². The molecule has 0 spiro atoms. The zero-order valence-electron chi connectivity index (χ0n) is 17.2. The third kappa shape index (κ3) is 3.09. The highest BCUT2D eigenvalue weighted by Crippen LogP contribution is 2.38. The van der Waals surface area contributed by atoms with E-state index in [9.17, 15) is 0 Å². The van der Waals surface area contributed by atoms with E-state index < -0.39 is 0 Å². The Morgan fingerprint density at radius 3 is 3.00 bits per heavy atom. The maximum absolute atomic E-state index is 6.24. The second kappa shape index (κ2) is 7.28. The van der Waals surface area contributed by atoms with E-state index in [1.54, 1.807) is 0 Å². The number of fused-ring (bicyclic) bond motifs is 4. The highest BCUT2D eigenvalue weighted by Gasteiger charge is 2.35. The van der Waals surface area contributed by atoms with E-state index in [2.05, 4.69) is 39.0 Å². The van der Waals surface area contributed by atoms with E-state index in [1.165, 1.54) is 0 Å². The summed E-state index contributed by atoms with van der Waals surface area (Å²) in [4.78, 5) is 17.9. The number of para-hydroxylation sites is 1. The topological polar surface area (TPSA) is 83.3 Å². The second-order valence-electron chi connectivity index (χ2n) is 8.15. The minimum Gasteiger partial charge on any atom is -0.398 e. The monoisotopic (exact) mass is 412 g/mol. The van der Waals surface area contributed by atoms with Crippen molar-refractivity contribution < 1.29 is 4.74 Å². The van der Waals surface area contributed by atoms with Crippen LogP contribution in [0.5, 0.6) is 0 Å². The molecule has 31 heavy (non-hydrogen) atoms.